The molecule has 1 unspecified atom stereocenters. The molecule has 6 heteroatoms. The summed E-state index contributed by atoms with van der Waals surface area (Å²) in [6.45, 7) is 0.284. The van der Waals surface area contributed by atoms with Crippen molar-refractivity contribution < 1.29 is 19.8 Å². The van der Waals surface area contributed by atoms with Crippen LogP contribution in [-0.4, -0.2) is 33.3 Å². The van der Waals surface area contributed by atoms with Gasteiger partial charge in [0.15, 0.2) is 0 Å². The van der Waals surface area contributed by atoms with Gasteiger partial charge in [-0.1, -0.05) is 54.1 Å². The summed E-state index contributed by atoms with van der Waals surface area (Å²) in [5.74, 6) is -1.70. The van der Waals surface area contributed by atoms with Crippen molar-refractivity contribution in [3.8, 4) is 5.75 Å². The summed E-state index contributed by atoms with van der Waals surface area (Å²) in [5, 5.41) is 21.5. The Balaban J connectivity index is 1.79. The van der Waals surface area contributed by atoms with E-state index in [0.717, 1.165) is 5.56 Å². The summed E-state index contributed by atoms with van der Waals surface area (Å²) in [6.07, 6.45) is 0.546. The number of carbonyl (C=O) groups is 2. The number of aliphatic hydroxyl groups is 1. The van der Waals surface area contributed by atoms with E-state index < -0.39 is 17.7 Å². The molecule has 0 radical (unpaired) electrons. The molecule has 1 aliphatic heterocycles. The zero-order valence-electron chi connectivity index (χ0n) is 16.5. The van der Waals surface area contributed by atoms with Gasteiger partial charge in [0.1, 0.15) is 11.5 Å². The van der Waals surface area contributed by atoms with Gasteiger partial charge in [-0.05, 0) is 53.9 Å². The number of hydrogen-bond donors (Lipinski definition) is 2. The standard InChI is InChI=1S/C25H20ClNO4/c26-19-11-9-17(10-12-19)23(29)21-22(18-7-4-8-20(28)15-18)27(25(31)24(21)30)14-13-16-5-2-1-3-6-16/h1-12,15,22,28-29H,13-14H2/b23-21+. The van der Waals surface area contributed by atoms with Crippen LogP contribution in [0.25, 0.3) is 5.76 Å². The van der Waals surface area contributed by atoms with Crippen LogP contribution in [-0.2, 0) is 16.0 Å². The molecule has 156 valence electrons. The third kappa shape index (κ3) is 4.18. The third-order valence-electron chi connectivity index (χ3n) is 5.33. The number of phenols is 1. The molecule has 0 aliphatic carbocycles. The van der Waals surface area contributed by atoms with Gasteiger partial charge in [0.2, 0.25) is 0 Å². The molecule has 1 atom stereocenters. The molecule has 0 saturated carbocycles. The average Bonchev–Trinajstić information content (AvgIpc) is 3.03. The molecule has 1 heterocycles. The minimum absolute atomic E-state index is 0.00835. The molecule has 5 nitrogen and oxygen atoms in total. The molecule has 0 bridgehead atoms. The van der Waals surface area contributed by atoms with Gasteiger partial charge in [-0.2, -0.15) is 0 Å². The Morgan fingerprint density at radius 2 is 1.65 bits per heavy atom. The fourth-order valence-corrected chi connectivity index (χ4v) is 3.94. The second-order valence-corrected chi connectivity index (χ2v) is 7.77. The van der Waals surface area contributed by atoms with Crippen molar-refractivity contribution in [3.63, 3.8) is 0 Å². The number of likely N-dealkylation sites (tertiary alicyclic amines) is 1. The van der Waals surface area contributed by atoms with Crippen molar-refractivity contribution in [3.05, 3.63) is 106 Å². The molecule has 2 N–H and O–H groups in total. The van der Waals surface area contributed by atoms with Crippen molar-refractivity contribution in [2.75, 3.05) is 6.54 Å². The quantitative estimate of drug-likeness (QED) is 0.347. The first-order valence-corrected chi connectivity index (χ1v) is 10.2. The number of ketones is 1. The molecular formula is C25H20ClNO4. The van der Waals surface area contributed by atoms with Gasteiger partial charge in [-0.3, -0.25) is 9.59 Å². The van der Waals surface area contributed by atoms with E-state index in [1.54, 1.807) is 36.4 Å². The summed E-state index contributed by atoms with van der Waals surface area (Å²) in [4.78, 5) is 27.4. The molecule has 1 fully saturated rings. The van der Waals surface area contributed by atoms with Gasteiger partial charge in [-0.15, -0.1) is 0 Å². The second-order valence-electron chi connectivity index (χ2n) is 7.33. The molecule has 4 rings (SSSR count). The summed E-state index contributed by atoms with van der Waals surface area (Å²) < 4.78 is 0. The first-order valence-electron chi connectivity index (χ1n) is 9.83. The van der Waals surface area contributed by atoms with Crippen molar-refractivity contribution in [2.45, 2.75) is 12.5 Å². The fraction of sp³-hybridized carbons (Fsp3) is 0.120. The van der Waals surface area contributed by atoms with Crippen molar-refractivity contribution in [1.29, 1.82) is 0 Å². The Bertz CT molecular complexity index is 1160. The van der Waals surface area contributed by atoms with Crippen LogP contribution >= 0.6 is 11.6 Å². The van der Waals surface area contributed by atoms with Crippen LogP contribution in [0.2, 0.25) is 5.02 Å². The summed E-state index contributed by atoms with van der Waals surface area (Å²) in [5.41, 5.74) is 1.95. The lowest BCUT2D eigenvalue weighted by molar-refractivity contribution is -0.139. The number of aliphatic hydroxyl groups excluding tert-OH is 1. The van der Waals surface area contributed by atoms with E-state index in [4.69, 9.17) is 11.6 Å². The Morgan fingerprint density at radius 1 is 0.935 bits per heavy atom. The summed E-state index contributed by atoms with van der Waals surface area (Å²) >= 11 is 5.94. The van der Waals surface area contributed by atoms with Crippen molar-refractivity contribution >= 4 is 29.1 Å². The molecule has 3 aromatic carbocycles. The highest BCUT2D eigenvalue weighted by molar-refractivity contribution is 6.46. The SMILES string of the molecule is O=C1C(=O)N(CCc2ccccc2)C(c2cccc(O)c2)/C1=C(\O)c1ccc(Cl)cc1. The minimum Gasteiger partial charge on any atom is -0.508 e. The molecule has 1 aliphatic rings. The van der Waals surface area contributed by atoms with Crippen LogP contribution in [0.1, 0.15) is 22.7 Å². The lowest BCUT2D eigenvalue weighted by Crippen LogP contribution is -2.31. The maximum absolute atomic E-state index is 13.0. The van der Waals surface area contributed by atoms with E-state index in [0.29, 0.717) is 22.6 Å². The highest BCUT2D eigenvalue weighted by Crippen LogP contribution is 2.40. The monoisotopic (exact) mass is 433 g/mol. The molecule has 3 aromatic rings. The van der Waals surface area contributed by atoms with E-state index in [2.05, 4.69) is 0 Å². The van der Waals surface area contributed by atoms with Crippen LogP contribution in [0.5, 0.6) is 5.75 Å². The molecule has 1 saturated heterocycles. The number of amides is 1. The van der Waals surface area contributed by atoms with Gasteiger partial charge in [0.25, 0.3) is 11.7 Å². The summed E-state index contributed by atoms with van der Waals surface area (Å²) in [7, 11) is 0. The Hall–Kier alpha value is -3.57. The zero-order valence-corrected chi connectivity index (χ0v) is 17.3. The largest absolute Gasteiger partial charge is 0.508 e. The van der Waals surface area contributed by atoms with E-state index in [1.165, 1.54) is 17.0 Å². The Labute approximate surface area is 184 Å². The molecule has 31 heavy (non-hydrogen) atoms. The maximum Gasteiger partial charge on any atom is 0.295 e. The number of rotatable bonds is 5. The molecule has 0 aromatic heterocycles. The van der Waals surface area contributed by atoms with E-state index >= 15 is 0 Å². The van der Waals surface area contributed by atoms with Gasteiger partial charge >= 0.3 is 0 Å². The second kappa shape index (κ2) is 8.66. The molecule has 0 spiro atoms. The third-order valence-corrected chi connectivity index (χ3v) is 5.58. The predicted molar refractivity (Wildman–Crippen MR) is 119 cm³/mol. The first kappa shape index (κ1) is 20.7. The summed E-state index contributed by atoms with van der Waals surface area (Å²) in [6, 6.07) is 21.6. The number of halogens is 1. The highest BCUT2D eigenvalue weighted by Gasteiger charge is 2.45. The van der Waals surface area contributed by atoms with E-state index in [1.807, 2.05) is 30.3 Å². The number of nitrogens with zero attached hydrogens (tertiary/aromatic N) is 1. The smallest absolute Gasteiger partial charge is 0.295 e. The fourth-order valence-electron chi connectivity index (χ4n) is 3.81. The van der Waals surface area contributed by atoms with Gasteiger partial charge in [0, 0.05) is 17.1 Å². The number of aromatic hydroxyl groups is 1. The minimum atomic E-state index is -0.813. The predicted octanol–water partition coefficient (Wildman–Crippen LogP) is 4.71. The Kier molecular flexibility index (Phi) is 5.78. The lowest BCUT2D eigenvalue weighted by atomic mass is 9.95. The van der Waals surface area contributed by atoms with Crippen molar-refractivity contribution in [2.24, 2.45) is 0 Å². The average molecular weight is 434 g/mol. The maximum atomic E-state index is 13.0. The molecule has 1 amide bonds. The van der Waals surface area contributed by atoms with Crippen LogP contribution in [0.3, 0.4) is 0 Å². The van der Waals surface area contributed by atoms with Crippen LogP contribution < -0.4 is 0 Å². The van der Waals surface area contributed by atoms with Gasteiger partial charge in [0.05, 0.1) is 11.6 Å². The first-order chi connectivity index (χ1) is 15.0. The lowest BCUT2D eigenvalue weighted by Gasteiger charge is -2.25. The van der Waals surface area contributed by atoms with Crippen LogP contribution in [0.15, 0.2) is 84.4 Å². The number of hydrogen-bond acceptors (Lipinski definition) is 4. The van der Waals surface area contributed by atoms with Crippen LogP contribution in [0, 0.1) is 0 Å². The van der Waals surface area contributed by atoms with Gasteiger partial charge < -0.3 is 15.1 Å². The number of benzene rings is 3. The zero-order chi connectivity index (χ0) is 22.0. The van der Waals surface area contributed by atoms with E-state index in [9.17, 15) is 19.8 Å². The normalized spacial score (nSPS) is 17.8. The number of phenolic OH excluding ortho intramolecular Hbond substituents is 1. The van der Waals surface area contributed by atoms with E-state index in [-0.39, 0.29) is 23.6 Å². The van der Waals surface area contributed by atoms with Crippen molar-refractivity contribution in [1.82, 2.24) is 4.90 Å². The Morgan fingerprint density at radius 3 is 2.32 bits per heavy atom. The number of Topliss-reactive ketones (excluding diaryl/α,β-unsaturated/α-hetero) is 1. The van der Waals surface area contributed by atoms with Crippen LogP contribution in [0.4, 0.5) is 0 Å². The topological polar surface area (TPSA) is 77.8 Å². The number of carbonyl (C=O) groups excluding carboxylic acids is 2. The van der Waals surface area contributed by atoms with Gasteiger partial charge in [-0.25, -0.2) is 0 Å². The molecular weight excluding hydrogens is 414 g/mol. The highest BCUT2D eigenvalue weighted by atomic mass is 35.5.